The summed E-state index contributed by atoms with van der Waals surface area (Å²) in [6, 6.07) is 1.95. The quantitative estimate of drug-likeness (QED) is 0.764. The minimum atomic E-state index is -0.862. The molecule has 0 spiro atoms. The number of carboxylic acids is 1. The van der Waals surface area contributed by atoms with Crippen molar-refractivity contribution < 1.29 is 9.90 Å². The lowest BCUT2D eigenvalue weighted by molar-refractivity contribution is -0.133. The fourth-order valence-electron chi connectivity index (χ4n) is 1.47. The van der Waals surface area contributed by atoms with Crippen LogP contribution in [0.2, 0.25) is 0 Å². The molecule has 2 rings (SSSR count). The minimum Gasteiger partial charge on any atom is -0.481 e. The third-order valence-corrected chi connectivity index (χ3v) is 3.25. The molecule has 1 N–H and O–H groups in total. The van der Waals surface area contributed by atoms with E-state index in [0.29, 0.717) is 11.7 Å². The van der Waals surface area contributed by atoms with Crippen LogP contribution in [0, 0.1) is 0 Å². The standard InChI is InChI=1S/C10H13N5O2S/c1-14-4-2-8(13-14)3-5-15-7-11-12-10(15)18-6-9(16)17/h2,4,7H,3,5-6H2,1H3,(H,16,17). The summed E-state index contributed by atoms with van der Waals surface area (Å²) in [4.78, 5) is 10.5. The third kappa shape index (κ3) is 3.33. The highest BCUT2D eigenvalue weighted by Gasteiger charge is 2.08. The topological polar surface area (TPSA) is 85.8 Å². The van der Waals surface area contributed by atoms with Gasteiger partial charge in [-0.1, -0.05) is 11.8 Å². The van der Waals surface area contributed by atoms with Crippen LogP contribution in [-0.2, 0) is 24.8 Å². The van der Waals surface area contributed by atoms with Gasteiger partial charge in [-0.2, -0.15) is 5.10 Å². The Morgan fingerprint density at radius 3 is 3.06 bits per heavy atom. The van der Waals surface area contributed by atoms with Crippen molar-refractivity contribution in [2.45, 2.75) is 18.1 Å². The Kier molecular flexibility index (Phi) is 3.98. The van der Waals surface area contributed by atoms with Gasteiger partial charge in [0.1, 0.15) is 6.33 Å². The Balaban J connectivity index is 1.93. The summed E-state index contributed by atoms with van der Waals surface area (Å²) in [5.74, 6) is -0.873. The molecule has 0 aliphatic heterocycles. The van der Waals surface area contributed by atoms with E-state index in [2.05, 4.69) is 15.3 Å². The molecule has 0 aliphatic rings. The molecule has 0 amide bonds. The fourth-order valence-corrected chi connectivity index (χ4v) is 2.13. The molecule has 0 aromatic carbocycles. The molecule has 0 saturated heterocycles. The highest BCUT2D eigenvalue weighted by Crippen LogP contribution is 2.14. The third-order valence-electron chi connectivity index (χ3n) is 2.28. The Labute approximate surface area is 108 Å². The molecule has 7 nitrogen and oxygen atoms in total. The second kappa shape index (κ2) is 5.67. The summed E-state index contributed by atoms with van der Waals surface area (Å²) < 4.78 is 3.59. The monoisotopic (exact) mass is 267 g/mol. The zero-order valence-electron chi connectivity index (χ0n) is 9.85. The second-order valence-corrected chi connectivity index (χ2v) is 4.66. The Bertz CT molecular complexity index is 536. The van der Waals surface area contributed by atoms with E-state index in [1.165, 1.54) is 11.8 Å². The molecule has 96 valence electrons. The van der Waals surface area contributed by atoms with Gasteiger partial charge in [0.25, 0.3) is 0 Å². The number of aliphatic carboxylic acids is 1. The molecule has 0 fully saturated rings. The van der Waals surface area contributed by atoms with E-state index in [0.717, 1.165) is 12.1 Å². The normalized spacial score (nSPS) is 10.7. The minimum absolute atomic E-state index is 0.0116. The van der Waals surface area contributed by atoms with Gasteiger partial charge in [-0.3, -0.25) is 9.48 Å². The number of carbonyl (C=O) groups is 1. The number of hydrogen-bond donors (Lipinski definition) is 1. The number of aromatic nitrogens is 5. The van der Waals surface area contributed by atoms with E-state index >= 15 is 0 Å². The Hall–Kier alpha value is -1.83. The van der Waals surface area contributed by atoms with Gasteiger partial charge in [0, 0.05) is 26.2 Å². The smallest absolute Gasteiger partial charge is 0.313 e. The maximum absolute atomic E-state index is 10.5. The van der Waals surface area contributed by atoms with Crippen molar-refractivity contribution in [3.8, 4) is 0 Å². The van der Waals surface area contributed by atoms with E-state index in [-0.39, 0.29) is 5.75 Å². The van der Waals surface area contributed by atoms with Gasteiger partial charge in [-0.15, -0.1) is 10.2 Å². The molecule has 2 aromatic heterocycles. The highest BCUT2D eigenvalue weighted by atomic mass is 32.2. The molecule has 0 aliphatic carbocycles. The van der Waals surface area contributed by atoms with Crippen LogP contribution in [0.5, 0.6) is 0 Å². The number of thioether (sulfide) groups is 1. The summed E-state index contributed by atoms with van der Waals surface area (Å²) in [6.45, 7) is 0.686. The molecular formula is C10H13N5O2S. The van der Waals surface area contributed by atoms with Crippen LogP contribution < -0.4 is 0 Å². The van der Waals surface area contributed by atoms with Crippen LogP contribution in [0.25, 0.3) is 0 Å². The van der Waals surface area contributed by atoms with Gasteiger partial charge in [0.2, 0.25) is 0 Å². The summed E-state index contributed by atoms with van der Waals surface area (Å²) in [7, 11) is 1.87. The van der Waals surface area contributed by atoms with Crippen LogP contribution >= 0.6 is 11.8 Å². The number of nitrogens with zero attached hydrogens (tertiary/aromatic N) is 5. The van der Waals surface area contributed by atoms with E-state index < -0.39 is 5.97 Å². The van der Waals surface area contributed by atoms with Crippen LogP contribution in [0.3, 0.4) is 0 Å². The molecule has 0 atom stereocenters. The van der Waals surface area contributed by atoms with Crippen LogP contribution in [0.1, 0.15) is 5.69 Å². The average Bonchev–Trinajstić information content (AvgIpc) is 2.92. The van der Waals surface area contributed by atoms with Crippen molar-refractivity contribution in [3.63, 3.8) is 0 Å². The maximum atomic E-state index is 10.5. The molecule has 0 bridgehead atoms. The Morgan fingerprint density at radius 2 is 2.39 bits per heavy atom. The molecule has 0 unspecified atom stereocenters. The number of carboxylic acid groups (broad SMARTS) is 1. The van der Waals surface area contributed by atoms with Crippen LogP contribution in [0.4, 0.5) is 0 Å². The van der Waals surface area contributed by atoms with Gasteiger partial charge in [0.15, 0.2) is 5.16 Å². The van der Waals surface area contributed by atoms with E-state index in [9.17, 15) is 4.79 Å². The molecule has 18 heavy (non-hydrogen) atoms. The average molecular weight is 267 g/mol. The zero-order chi connectivity index (χ0) is 13.0. The van der Waals surface area contributed by atoms with Gasteiger partial charge < -0.3 is 9.67 Å². The van der Waals surface area contributed by atoms with Gasteiger partial charge in [0.05, 0.1) is 11.4 Å². The van der Waals surface area contributed by atoms with Crippen molar-refractivity contribution in [1.29, 1.82) is 0 Å². The maximum Gasteiger partial charge on any atom is 0.313 e. The highest BCUT2D eigenvalue weighted by molar-refractivity contribution is 7.99. The van der Waals surface area contributed by atoms with E-state index in [4.69, 9.17) is 5.11 Å². The van der Waals surface area contributed by atoms with Crippen LogP contribution in [0.15, 0.2) is 23.7 Å². The second-order valence-electron chi connectivity index (χ2n) is 3.72. The predicted octanol–water partition coefficient (Wildman–Crippen LogP) is 0.431. The predicted molar refractivity (Wildman–Crippen MR) is 65.3 cm³/mol. The van der Waals surface area contributed by atoms with Crippen molar-refractivity contribution in [3.05, 3.63) is 24.3 Å². The van der Waals surface area contributed by atoms with Crippen molar-refractivity contribution in [2.75, 3.05) is 5.75 Å². The molecule has 2 aromatic rings. The molecular weight excluding hydrogens is 254 g/mol. The van der Waals surface area contributed by atoms with Gasteiger partial charge >= 0.3 is 5.97 Å². The van der Waals surface area contributed by atoms with E-state index in [1.807, 2.05) is 23.9 Å². The summed E-state index contributed by atoms with van der Waals surface area (Å²) in [5, 5.41) is 21.2. The summed E-state index contributed by atoms with van der Waals surface area (Å²) in [5.41, 5.74) is 0.986. The van der Waals surface area contributed by atoms with Crippen molar-refractivity contribution in [2.24, 2.45) is 7.05 Å². The molecule has 2 heterocycles. The number of aryl methyl sites for hydroxylation is 3. The first-order valence-electron chi connectivity index (χ1n) is 5.36. The zero-order valence-corrected chi connectivity index (χ0v) is 10.7. The SMILES string of the molecule is Cn1ccc(CCn2cnnc2SCC(=O)O)n1. The summed E-state index contributed by atoms with van der Waals surface area (Å²) >= 11 is 1.17. The van der Waals surface area contributed by atoms with E-state index in [1.54, 1.807) is 11.0 Å². The first-order valence-corrected chi connectivity index (χ1v) is 6.34. The van der Waals surface area contributed by atoms with Crippen molar-refractivity contribution >= 4 is 17.7 Å². The van der Waals surface area contributed by atoms with Crippen molar-refractivity contribution in [1.82, 2.24) is 24.5 Å². The first-order chi connectivity index (χ1) is 8.65. The summed E-state index contributed by atoms with van der Waals surface area (Å²) in [6.07, 6.45) is 4.26. The molecule has 8 heteroatoms. The molecule has 0 saturated carbocycles. The van der Waals surface area contributed by atoms with Crippen LogP contribution in [-0.4, -0.2) is 41.4 Å². The largest absolute Gasteiger partial charge is 0.481 e. The lowest BCUT2D eigenvalue weighted by atomic mass is 10.3. The Morgan fingerprint density at radius 1 is 1.56 bits per heavy atom. The van der Waals surface area contributed by atoms with Gasteiger partial charge in [-0.25, -0.2) is 0 Å². The molecule has 0 radical (unpaired) electrons. The number of rotatable bonds is 6. The first kappa shape index (κ1) is 12.6. The fraction of sp³-hybridized carbons (Fsp3) is 0.400. The lowest BCUT2D eigenvalue weighted by Gasteiger charge is -2.03. The van der Waals surface area contributed by atoms with Gasteiger partial charge in [-0.05, 0) is 6.07 Å². The number of hydrogen-bond acceptors (Lipinski definition) is 5. The lowest BCUT2D eigenvalue weighted by Crippen LogP contribution is -2.05.